The average molecular weight is 359 g/mol. The number of pyridine rings is 1. The minimum atomic E-state index is -4.54. The van der Waals surface area contributed by atoms with Gasteiger partial charge in [0.1, 0.15) is 33.2 Å². The van der Waals surface area contributed by atoms with Crippen LogP contribution < -0.4 is 0 Å². The van der Waals surface area contributed by atoms with Gasteiger partial charge >= 0.3 is 6.18 Å². The predicted octanol–water partition coefficient (Wildman–Crippen LogP) is 4.03. The molecule has 0 radical (unpaired) electrons. The summed E-state index contributed by atoms with van der Waals surface area (Å²) in [6, 6.07) is 3.74. The fourth-order valence-corrected chi connectivity index (χ4v) is 2.25. The molecule has 0 aliphatic heterocycles. The van der Waals surface area contributed by atoms with Crippen molar-refractivity contribution in [3.8, 4) is 11.3 Å². The first-order valence-corrected chi connectivity index (χ1v) is 8.07. The lowest BCUT2D eigenvalue weighted by Crippen LogP contribution is -2.26. The maximum absolute atomic E-state index is 12.7. The number of alkyl halides is 3. The molecule has 0 spiro atoms. The monoisotopic (exact) mass is 359 g/mol. The summed E-state index contributed by atoms with van der Waals surface area (Å²) in [5.41, 5.74) is -0.220. The van der Waals surface area contributed by atoms with E-state index in [1.807, 2.05) is 0 Å². The Morgan fingerprint density at radius 3 is 2.50 bits per heavy atom. The van der Waals surface area contributed by atoms with E-state index in [9.17, 15) is 17.7 Å². The van der Waals surface area contributed by atoms with Crippen molar-refractivity contribution in [2.45, 2.75) is 38.6 Å². The normalized spacial score (nSPS) is 14.8. The van der Waals surface area contributed by atoms with Gasteiger partial charge in [-0.1, -0.05) is 9.55 Å². The highest BCUT2D eigenvalue weighted by atomic mass is 32.2. The van der Waals surface area contributed by atoms with E-state index < -0.39 is 28.0 Å². The zero-order chi connectivity index (χ0) is 18.1. The number of aromatic nitrogens is 2. The molecule has 130 valence electrons. The van der Waals surface area contributed by atoms with Gasteiger partial charge in [-0.2, -0.15) is 13.2 Å². The second-order valence-corrected chi connectivity index (χ2v) is 7.95. The summed E-state index contributed by atoms with van der Waals surface area (Å²) in [6.07, 6.45) is -3.48. The maximum Gasteiger partial charge on any atom is 0.433 e. The van der Waals surface area contributed by atoms with E-state index in [-0.39, 0.29) is 17.0 Å². The van der Waals surface area contributed by atoms with Crippen molar-refractivity contribution in [3.63, 3.8) is 0 Å². The molecular formula is C15H16F3N3O2S. The van der Waals surface area contributed by atoms with Crippen molar-refractivity contribution in [1.29, 1.82) is 0 Å². The highest BCUT2D eigenvalue weighted by molar-refractivity contribution is 7.91. The molecule has 2 heterocycles. The van der Waals surface area contributed by atoms with E-state index in [0.717, 1.165) is 12.3 Å². The minimum absolute atomic E-state index is 0.217. The van der Waals surface area contributed by atoms with E-state index in [0.29, 0.717) is 5.71 Å². The first-order valence-electron chi connectivity index (χ1n) is 6.96. The molecule has 0 bridgehead atoms. The fraction of sp³-hybridized carbons (Fsp3) is 0.400. The van der Waals surface area contributed by atoms with Crippen molar-refractivity contribution < 1.29 is 22.2 Å². The van der Waals surface area contributed by atoms with Crippen LogP contribution in [0, 0.1) is 0 Å². The van der Waals surface area contributed by atoms with Crippen LogP contribution in [0.15, 0.2) is 33.3 Å². The molecule has 9 heteroatoms. The summed E-state index contributed by atoms with van der Waals surface area (Å²) in [5, 5.41) is 3.75. The summed E-state index contributed by atoms with van der Waals surface area (Å²) < 4.78 is 58.8. The predicted molar refractivity (Wildman–Crippen MR) is 84.8 cm³/mol. The van der Waals surface area contributed by atoms with Crippen LogP contribution >= 0.6 is 0 Å². The van der Waals surface area contributed by atoms with Gasteiger partial charge in [-0.05, 0) is 39.8 Å². The Bertz CT molecular complexity index is 751. The average Bonchev–Trinajstić information content (AvgIpc) is 2.95. The third-order valence-electron chi connectivity index (χ3n) is 2.96. The van der Waals surface area contributed by atoms with Crippen LogP contribution in [0.1, 0.15) is 39.1 Å². The van der Waals surface area contributed by atoms with E-state index >= 15 is 0 Å². The molecule has 1 unspecified atom stereocenters. The summed E-state index contributed by atoms with van der Waals surface area (Å²) in [4.78, 5) is 3.30. The van der Waals surface area contributed by atoms with Crippen molar-refractivity contribution in [2.75, 3.05) is 0 Å². The molecule has 2 aromatic rings. The molecule has 24 heavy (non-hydrogen) atoms. The molecule has 0 saturated heterocycles. The molecule has 0 aromatic carbocycles. The van der Waals surface area contributed by atoms with Crippen molar-refractivity contribution in [1.82, 2.24) is 10.1 Å². The Labute approximate surface area is 140 Å². The Morgan fingerprint density at radius 1 is 1.25 bits per heavy atom. The lowest BCUT2D eigenvalue weighted by atomic mass is 10.1. The van der Waals surface area contributed by atoms with Crippen molar-refractivity contribution >= 4 is 17.1 Å². The lowest BCUT2D eigenvalue weighted by Gasteiger charge is -2.18. The van der Waals surface area contributed by atoms with Crippen LogP contribution in [-0.2, 0) is 17.5 Å². The molecule has 1 atom stereocenters. The van der Waals surface area contributed by atoms with E-state index in [1.165, 1.54) is 12.1 Å². The third-order valence-corrected chi connectivity index (χ3v) is 4.44. The first-order chi connectivity index (χ1) is 11.0. The maximum atomic E-state index is 12.7. The van der Waals surface area contributed by atoms with Crippen molar-refractivity contribution in [3.05, 3.63) is 35.9 Å². The van der Waals surface area contributed by atoms with Gasteiger partial charge in [-0.15, -0.1) is 0 Å². The molecule has 0 fully saturated rings. The Balaban J connectivity index is 2.30. The number of hydrogen-bond acceptors (Lipinski definition) is 5. The van der Waals surface area contributed by atoms with Gasteiger partial charge in [0.15, 0.2) is 5.76 Å². The van der Waals surface area contributed by atoms with E-state index in [4.69, 9.17) is 4.52 Å². The quantitative estimate of drug-likeness (QED) is 0.613. The van der Waals surface area contributed by atoms with Crippen LogP contribution in [0.2, 0.25) is 0 Å². The van der Waals surface area contributed by atoms with Gasteiger partial charge in [0.2, 0.25) is 0 Å². The zero-order valence-corrected chi connectivity index (χ0v) is 14.3. The summed E-state index contributed by atoms with van der Waals surface area (Å²) in [6.45, 7) is 6.94. The van der Waals surface area contributed by atoms with Crippen LogP contribution in [-0.4, -0.2) is 25.2 Å². The molecule has 5 nitrogen and oxygen atoms in total. The molecule has 0 aliphatic carbocycles. The van der Waals surface area contributed by atoms with Gasteiger partial charge in [0.25, 0.3) is 0 Å². The molecule has 0 saturated carbocycles. The molecular weight excluding hydrogens is 343 g/mol. The second kappa shape index (κ2) is 6.56. The van der Waals surface area contributed by atoms with E-state index in [1.54, 1.807) is 27.7 Å². The van der Waals surface area contributed by atoms with Crippen LogP contribution in [0.4, 0.5) is 13.2 Å². The van der Waals surface area contributed by atoms with Gasteiger partial charge in [-0.25, -0.2) is 0 Å². The molecule has 0 N–H and O–H groups in total. The summed E-state index contributed by atoms with van der Waals surface area (Å²) in [7, 11) is 0. The second-order valence-electron chi connectivity index (χ2n) is 6.04. The Kier molecular flexibility index (Phi) is 5.05. The molecule has 2 aromatic heterocycles. The number of rotatable bonds is 3. The standard InChI is InChI=1S/C15H16F3N3O2S/c1-9(21-24(22)14(2,3)4)12-8-11(20-23-12)10-5-6-19-13(7-10)15(16,17)18/h5-8H,1-4H3/b21-9-. The van der Waals surface area contributed by atoms with E-state index in [2.05, 4.69) is 14.5 Å². The zero-order valence-electron chi connectivity index (χ0n) is 13.5. The molecule has 0 amide bonds. The van der Waals surface area contributed by atoms with Crippen LogP contribution in [0.5, 0.6) is 0 Å². The van der Waals surface area contributed by atoms with Crippen molar-refractivity contribution in [2.24, 2.45) is 4.40 Å². The third kappa shape index (κ3) is 4.35. The minimum Gasteiger partial charge on any atom is -0.591 e. The number of nitrogens with zero attached hydrogens (tertiary/aromatic N) is 3. The summed E-state index contributed by atoms with van der Waals surface area (Å²) >= 11 is -1.48. The van der Waals surface area contributed by atoms with Gasteiger partial charge in [0.05, 0.1) is 0 Å². The topological polar surface area (TPSA) is 74.3 Å². The van der Waals surface area contributed by atoms with Gasteiger partial charge < -0.3 is 9.08 Å². The smallest absolute Gasteiger partial charge is 0.433 e. The molecule has 0 aliphatic rings. The van der Waals surface area contributed by atoms with Crippen LogP contribution in [0.3, 0.4) is 0 Å². The Morgan fingerprint density at radius 2 is 1.92 bits per heavy atom. The van der Waals surface area contributed by atoms with Crippen LogP contribution in [0.25, 0.3) is 11.3 Å². The highest BCUT2D eigenvalue weighted by Gasteiger charge is 2.33. The van der Waals surface area contributed by atoms with Gasteiger partial charge in [-0.3, -0.25) is 4.98 Å². The largest absolute Gasteiger partial charge is 0.591 e. The SMILES string of the molecule is C/C(=N/[S+]([O-])C(C)(C)C)c1cc(-c2ccnc(C(F)(F)F)c2)no1. The summed E-state index contributed by atoms with van der Waals surface area (Å²) in [5.74, 6) is 0.243. The number of halogens is 3. The first kappa shape index (κ1) is 18.5. The fourth-order valence-electron chi connectivity index (χ4n) is 1.63. The van der Waals surface area contributed by atoms with Gasteiger partial charge in [0, 0.05) is 17.8 Å². The Hall–Kier alpha value is -1.87. The highest BCUT2D eigenvalue weighted by Crippen LogP contribution is 2.30. The lowest BCUT2D eigenvalue weighted by molar-refractivity contribution is -0.141. The number of hydrogen-bond donors (Lipinski definition) is 0. The molecule has 2 rings (SSSR count).